The van der Waals surface area contributed by atoms with E-state index in [1.54, 1.807) is 0 Å². The Hall–Kier alpha value is -10.4. The number of aromatic nitrogens is 10. The van der Waals surface area contributed by atoms with Gasteiger partial charge in [-0.2, -0.15) is 0 Å². The van der Waals surface area contributed by atoms with E-state index in [1.807, 2.05) is 121 Å². The van der Waals surface area contributed by atoms with Crippen molar-refractivity contribution in [1.29, 1.82) is 0 Å². The first kappa shape index (κ1) is 50.6. The van der Waals surface area contributed by atoms with Gasteiger partial charge in [0.25, 0.3) is 0 Å². The maximum absolute atomic E-state index is 5.26. The first-order valence-corrected chi connectivity index (χ1v) is 28.5. The Labute approximate surface area is 494 Å². The molecule has 0 unspecified atom stereocenters. The molecule has 0 amide bonds. The van der Waals surface area contributed by atoms with E-state index in [0.29, 0.717) is 69.2 Å². The topological polar surface area (TPSA) is 251 Å². The standard InChI is InChI=1S/2C32H16N8.Ga.2H2O.V/c2*1-2-10-18-17(9-1)25-33-26(18)38-28-21-13-5-6-14-22(21)30(35-28)40-32-24-16-8-7-15-23(24)31(36-32)39-29-20-12-4-3-11-19(20)27(34-29)37-25;;;;/h2*1-16H;;2*1H2;/q2*-2;+2;;;+2/p-1. The van der Waals surface area contributed by atoms with E-state index >= 15 is 0 Å². The fraction of sp³-hybridized carbons (Fsp3) is 0. The minimum atomic E-state index is -1.57. The Morgan fingerprint density at radius 2 is 0.536 bits per heavy atom. The van der Waals surface area contributed by atoms with Crippen LogP contribution in [0, 0.1) is 0 Å². The molecule has 0 spiro atoms. The van der Waals surface area contributed by atoms with Crippen molar-refractivity contribution in [2.24, 2.45) is 30.0 Å². The van der Waals surface area contributed by atoms with E-state index in [1.165, 1.54) is 0 Å². The van der Waals surface area contributed by atoms with Gasteiger partial charge < -0.3 is 40.9 Å². The Balaban J connectivity index is 0.000000138. The van der Waals surface area contributed by atoms with Crippen LogP contribution >= 0.6 is 0 Å². The summed E-state index contributed by atoms with van der Waals surface area (Å²) in [5.41, 5.74) is 11.4. The van der Waals surface area contributed by atoms with Crippen LogP contribution in [0.15, 0.2) is 224 Å². The predicted octanol–water partition coefficient (Wildman–Crippen LogP) is 9.59. The second kappa shape index (κ2) is 19.4. The van der Waals surface area contributed by atoms with E-state index in [0.717, 1.165) is 110 Å². The van der Waals surface area contributed by atoms with Crippen molar-refractivity contribution >= 4 is 119 Å². The van der Waals surface area contributed by atoms with Gasteiger partial charge in [-0.25, -0.2) is 9.97 Å². The molecular weight excluding hydrogens is 1150 g/mol. The van der Waals surface area contributed by atoms with Crippen molar-refractivity contribution in [2.75, 3.05) is 0 Å². The first-order chi connectivity index (χ1) is 40.1. The molecule has 392 valence electrons. The molecule has 0 fully saturated rings. The molecular formula is C64H35GaN16O2V-. The first-order valence-electron chi connectivity index (χ1n) is 26.3. The monoisotopic (exact) mass is 1180 g/mol. The quantitative estimate of drug-likeness (QED) is 0.131. The maximum atomic E-state index is 5.26. The molecule has 14 bridgehead atoms. The van der Waals surface area contributed by atoms with E-state index in [9.17, 15) is 0 Å². The van der Waals surface area contributed by atoms with E-state index in [4.69, 9.17) is 69.8 Å². The molecule has 13 aromatic rings. The molecule has 6 aliphatic rings. The van der Waals surface area contributed by atoms with Crippen molar-refractivity contribution < 1.29 is 29.5 Å². The van der Waals surface area contributed by atoms with E-state index < -0.39 is 17.9 Å². The number of amidine groups is 4. The van der Waals surface area contributed by atoms with Crippen molar-refractivity contribution in [2.45, 2.75) is 0 Å². The molecule has 3 N–H and O–H groups in total. The second-order valence-corrected chi connectivity index (χ2v) is 22.6. The third-order valence-corrected chi connectivity index (χ3v) is 18.4. The van der Waals surface area contributed by atoms with E-state index in [2.05, 4.69) is 79.3 Å². The van der Waals surface area contributed by atoms with Crippen LogP contribution in [0.2, 0.25) is 0 Å². The Morgan fingerprint density at radius 1 is 0.274 bits per heavy atom. The third-order valence-electron chi connectivity index (χ3n) is 15.4. The molecule has 5 aromatic heterocycles. The molecule has 18 nitrogen and oxygen atoms in total. The Kier molecular flexibility index (Phi) is 11.7. The fourth-order valence-corrected chi connectivity index (χ4v) is 14.7. The summed E-state index contributed by atoms with van der Waals surface area (Å²) in [6.07, 6.45) is 0. The van der Waals surface area contributed by atoms with Gasteiger partial charge in [-0.3, -0.25) is 0 Å². The number of aliphatic imine (C=N–C) groups is 4. The number of rotatable bonds is 0. The van der Waals surface area contributed by atoms with Gasteiger partial charge >= 0.3 is 260 Å². The second-order valence-electron chi connectivity index (χ2n) is 20.0. The van der Waals surface area contributed by atoms with Crippen LogP contribution in [0.3, 0.4) is 0 Å². The number of benzene rings is 8. The molecule has 6 aliphatic heterocycles. The molecule has 0 saturated carbocycles. The zero-order chi connectivity index (χ0) is 52.9. The molecule has 0 aliphatic carbocycles. The van der Waals surface area contributed by atoms with Crippen molar-refractivity contribution in [1.82, 2.24) is 46.4 Å². The van der Waals surface area contributed by atoms with Crippen LogP contribution in [0.5, 0.6) is 0 Å². The van der Waals surface area contributed by atoms with Crippen molar-refractivity contribution in [3.63, 3.8) is 0 Å². The molecule has 20 heteroatoms. The average molecular weight is 1180 g/mol. The molecule has 0 atom stereocenters. The summed E-state index contributed by atoms with van der Waals surface area (Å²) >= 11 is -1.57. The summed E-state index contributed by atoms with van der Waals surface area (Å²) < 4.78 is 4.63. The van der Waals surface area contributed by atoms with Gasteiger partial charge in [0.15, 0.2) is 0 Å². The summed E-state index contributed by atoms with van der Waals surface area (Å²) in [5.74, 6) is 6.63. The molecule has 2 radical (unpaired) electrons. The third kappa shape index (κ3) is 7.54. The predicted molar refractivity (Wildman–Crippen MR) is 321 cm³/mol. The summed E-state index contributed by atoms with van der Waals surface area (Å²) in [6, 6.07) is 65.0. The van der Waals surface area contributed by atoms with E-state index in [-0.39, 0.29) is 29.5 Å². The van der Waals surface area contributed by atoms with Crippen LogP contribution in [0.4, 0.5) is 11.6 Å². The van der Waals surface area contributed by atoms with Crippen molar-refractivity contribution in [3.05, 3.63) is 227 Å². The van der Waals surface area contributed by atoms with Gasteiger partial charge in [0.2, 0.25) is 0 Å². The van der Waals surface area contributed by atoms with Gasteiger partial charge in [-0.15, -0.1) is 0 Å². The van der Waals surface area contributed by atoms with Gasteiger partial charge in [-0.05, 0) is 21.5 Å². The fourth-order valence-electron chi connectivity index (χ4n) is 11.6. The molecule has 11 heterocycles. The number of hydrogen-bond donors (Lipinski definition) is 0. The summed E-state index contributed by atoms with van der Waals surface area (Å²) in [7, 11) is 0. The number of hydrogen-bond acceptors (Lipinski definition) is 13. The van der Waals surface area contributed by atoms with Crippen LogP contribution < -0.4 is 20.9 Å². The summed E-state index contributed by atoms with van der Waals surface area (Å²) in [6.45, 7) is 0. The zero-order valence-corrected chi connectivity index (χ0v) is 47.4. The molecule has 19 rings (SSSR count). The van der Waals surface area contributed by atoms with Crippen LogP contribution in [0.25, 0.3) is 111 Å². The molecule has 0 saturated heterocycles. The van der Waals surface area contributed by atoms with Crippen LogP contribution in [-0.4, -0.2) is 88.6 Å². The summed E-state index contributed by atoms with van der Waals surface area (Å²) in [4.78, 5) is 70.3. The van der Waals surface area contributed by atoms with Crippen molar-refractivity contribution in [3.8, 4) is 45.6 Å². The number of nitrogens with zero attached hydrogens (tertiary/aromatic N) is 16. The normalized spacial score (nSPS) is 13.3. The van der Waals surface area contributed by atoms with Gasteiger partial charge in [0.1, 0.15) is 0 Å². The Morgan fingerprint density at radius 3 is 0.857 bits per heavy atom. The zero-order valence-electron chi connectivity index (χ0n) is 43.6. The van der Waals surface area contributed by atoms with Gasteiger partial charge in [-0.1, -0.05) is 97.1 Å². The number of fused-ring (bicyclic) bond motifs is 34. The molecule has 84 heavy (non-hydrogen) atoms. The summed E-state index contributed by atoms with van der Waals surface area (Å²) in [5, 5.41) is 7.75. The molecule has 8 aromatic carbocycles. The SMILES string of the molecule is O.[OH-].[V+2].c1ccc2c(c1)-c1nc-2nc2[n-]c(nc3nc(nc4[n-]c(n1)c1ccccc41)-c1ccccc1-3)c1ccccc21.c1ccc2c(c1)C1=NC2=Nc2c3ccccc3c3[n]2[Ga][n]2c(c4ccccc4c2=NC2=NC(=N3)c3ccccc32)=N1. The van der Waals surface area contributed by atoms with Crippen LogP contribution in [-0.2, 0) is 18.6 Å². The minimum absolute atomic E-state index is 0. The van der Waals surface area contributed by atoms with Crippen LogP contribution in [0.1, 0.15) is 22.3 Å². The average Bonchev–Trinajstić information content (AvgIpc) is 2.14. The van der Waals surface area contributed by atoms with Gasteiger partial charge in [0.05, 0.1) is 23.3 Å². The van der Waals surface area contributed by atoms with Gasteiger partial charge in [0, 0.05) is 44.8 Å². The Bertz CT molecular complexity index is 5020.